The Morgan fingerprint density at radius 2 is 1.88 bits per heavy atom. The van der Waals surface area contributed by atoms with E-state index in [4.69, 9.17) is 4.74 Å². The van der Waals surface area contributed by atoms with E-state index in [1.165, 1.54) is 17.1 Å². The number of hydrogen-bond donors (Lipinski definition) is 0. The highest BCUT2D eigenvalue weighted by molar-refractivity contribution is 5.78. The predicted octanol–water partition coefficient (Wildman–Crippen LogP) is 2.68. The summed E-state index contributed by atoms with van der Waals surface area (Å²) >= 11 is 0. The first-order valence-corrected chi connectivity index (χ1v) is 5.16. The van der Waals surface area contributed by atoms with E-state index in [1.54, 1.807) is 27.8 Å². The van der Waals surface area contributed by atoms with Crippen LogP contribution in [-0.4, -0.2) is 29.9 Å². The van der Waals surface area contributed by atoms with Crippen molar-refractivity contribution in [3.05, 3.63) is 36.6 Å². The summed E-state index contributed by atoms with van der Waals surface area (Å²) in [5, 5.41) is 0. The second-order valence-corrected chi connectivity index (χ2v) is 4.51. The van der Waals surface area contributed by atoms with E-state index < -0.39 is 11.7 Å². The minimum absolute atomic E-state index is 0.260. The fourth-order valence-corrected chi connectivity index (χ4v) is 0.952. The molecule has 0 aromatic rings. The van der Waals surface area contributed by atoms with E-state index >= 15 is 0 Å². The van der Waals surface area contributed by atoms with E-state index in [0.29, 0.717) is 12.0 Å². The summed E-state index contributed by atoms with van der Waals surface area (Å²) in [5.74, 6) is 0. The second kappa shape index (κ2) is 6.03. The van der Waals surface area contributed by atoms with Gasteiger partial charge in [-0.05, 0) is 32.9 Å². The number of aldehydes is 1. The van der Waals surface area contributed by atoms with Crippen molar-refractivity contribution >= 4 is 12.4 Å². The number of allylic oxidation sites excluding steroid dienone is 3. The lowest BCUT2D eigenvalue weighted by Crippen LogP contribution is -2.33. The summed E-state index contributed by atoms with van der Waals surface area (Å²) in [4.78, 5) is 23.5. The van der Waals surface area contributed by atoms with Crippen LogP contribution in [0.5, 0.6) is 0 Å². The SMILES string of the molecule is C=C/C(=C\C(=C)C=O)N(C)C(=O)OC(C)(C)C. The molecule has 0 aromatic carbocycles. The molecule has 0 aromatic heterocycles. The largest absolute Gasteiger partial charge is 0.443 e. The fraction of sp³-hybridized carbons (Fsp3) is 0.385. The molecule has 0 aliphatic heterocycles. The Labute approximate surface area is 102 Å². The van der Waals surface area contributed by atoms with Gasteiger partial charge in [-0.1, -0.05) is 13.2 Å². The average Bonchev–Trinajstić information content (AvgIpc) is 2.22. The molecule has 0 bridgehead atoms. The van der Waals surface area contributed by atoms with Gasteiger partial charge in [-0.25, -0.2) is 4.79 Å². The number of carbonyl (C=O) groups excluding carboxylic acids is 2. The minimum atomic E-state index is -0.570. The molecule has 94 valence electrons. The third kappa shape index (κ3) is 5.70. The Morgan fingerprint density at radius 1 is 1.35 bits per heavy atom. The highest BCUT2D eigenvalue weighted by Crippen LogP contribution is 2.13. The molecule has 0 radical (unpaired) electrons. The summed E-state index contributed by atoms with van der Waals surface area (Å²) in [5.41, 5.74) is 0.144. The number of rotatable bonds is 4. The van der Waals surface area contributed by atoms with Crippen molar-refractivity contribution in [1.82, 2.24) is 4.90 Å². The Hall–Kier alpha value is -1.84. The van der Waals surface area contributed by atoms with Crippen molar-refractivity contribution in [1.29, 1.82) is 0 Å². The van der Waals surface area contributed by atoms with Gasteiger partial charge in [0, 0.05) is 18.3 Å². The smallest absolute Gasteiger partial charge is 0.414 e. The van der Waals surface area contributed by atoms with Crippen LogP contribution in [-0.2, 0) is 9.53 Å². The van der Waals surface area contributed by atoms with Crippen LogP contribution in [0.4, 0.5) is 4.79 Å². The summed E-state index contributed by atoms with van der Waals surface area (Å²) in [7, 11) is 1.54. The molecule has 0 atom stereocenters. The van der Waals surface area contributed by atoms with Gasteiger partial charge in [-0.3, -0.25) is 9.69 Å². The van der Waals surface area contributed by atoms with Crippen molar-refractivity contribution in [2.24, 2.45) is 0 Å². The number of amides is 1. The lowest BCUT2D eigenvalue weighted by Gasteiger charge is -2.25. The first-order valence-electron chi connectivity index (χ1n) is 5.16. The maximum absolute atomic E-state index is 11.7. The zero-order chi connectivity index (χ0) is 13.6. The summed E-state index contributed by atoms with van der Waals surface area (Å²) in [6.45, 7) is 12.4. The molecule has 1 amide bonds. The molecule has 0 spiro atoms. The van der Waals surface area contributed by atoms with Gasteiger partial charge < -0.3 is 4.74 Å². The first kappa shape index (κ1) is 15.2. The van der Waals surface area contributed by atoms with Gasteiger partial charge in [-0.15, -0.1) is 0 Å². The molecular formula is C13H19NO3. The topological polar surface area (TPSA) is 46.6 Å². The molecule has 0 fully saturated rings. The third-order valence-corrected chi connectivity index (χ3v) is 1.75. The van der Waals surface area contributed by atoms with Crippen molar-refractivity contribution in [3.8, 4) is 0 Å². The van der Waals surface area contributed by atoms with Gasteiger partial charge in [0.25, 0.3) is 0 Å². The van der Waals surface area contributed by atoms with Crippen molar-refractivity contribution in [2.45, 2.75) is 26.4 Å². The van der Waals surface area contributed by atoms with Gasteiger partial charge in [-0.2, -0.15) is 0 Å². The Kier molecular flexibility index (Phi) is 5.38. The van der Waals surface area contributed by atoms with Crippen LogP contribution < -0.4 is 0 Å². The Bertz CT molecular complexity index is 361. The molecule has 0 rings (SSSR count). The van der Waals surface area contributed by atoms with Crippen LogP contribution in [0, 0.1) is 0 Å². The fourth-order valence-electron chi connectivity index (χ4n) is 0.952. The van der Waals surface area contributed by atoms with Crippen LogP contribution in [0.1, 0.15) is 20.8 Å². The number of nitrogens with zero attached hydrogens (tertiary/aromatic N) is 1. The van der Waals surface area contributed by atoms with Crippen molar-refractivity contribution in [2.75, 3.05) is 7.05 Å². The minimum Gasteiger partial charge on any atom is -0.443 e. The maximum atomic E-state index is 11.7. The lowest BCUT2D eigenvalue weighted by molar-refractivity contribution is -0.104. The van der Waals surface area contributed by atoms with Crippen LogP contribution in [0.2, 0.25) is 0 Å². The highest BCUT2D eigenvalue weighted by atomic mass is 16.6. The van der Waals surface area contributed by atoms with Crippen molar-refractivity contribution in [3.63, 3.8) is 0 Å². The lowest BCUT2D eigenvalue weighted by atomic mass is 10.2. The van der Waals surface area contributed by atoms with E-state index in [-0.39, 0.29) is 5.57 Å². The van der Waals surface area contributed by atoms with Crippen molar-refractivity contribution < 1.29 is 14.3 Å². The van der Waals surface area contributed by atoms with Gasteiger partial charge in [0.2, 0.25) is 0 Å². The molecule has 4 heteroatoms. The molecule has 4 nitrogen and oxygen atoms in total. The summed E-state index contributed by atoms with van der Waals surface area (Å²) in [6.07, 6.45) is 3.01. The molecule has 0 N–H and O–H groups in total. The molecule has 0 aliphatic carbocycles. The Morgan fingerprint density at radius 3 is 2.24 bits per heavy atom. The molecule has 0 aliphatic rings. The van der Waals surface area contributed by atoms with Gasteiger partial charge >= 0.3 is 6.09 Å². The standard InChI is InChI=1S/C13H19NO3/c1-7-11(8-10(2)9-15)14(6)12(16)17-13(3,4)5/h7-9H,1-2H2,3-6H3/b11-8+. The summed E-state index contributed by atoms with van der Waals surface area (Å²) < 4.78 is 5.18. The van der Waals surface area contributed by atoms with Gasteiger partial charge in [0.1, 0.15) is 11.9 Å². The number of likely N-dealkylation sites (N-methyl/N-ethyl adjacent to an activating group) is 1. The average molecular weight is 237 g/mol. The monoisotopic (exact) mass is 237 g/mol. The van der Waals surface area contributed by atoms with Crippen LogP contribution >= 0.6 is 0 Å². The number of ether oxygens (including phenoxy) is 1. The van der Waals surface area contributed by atoms with E-state index in [1.807, 2.05) is 0 Å². The Balaban J connectivity index is 4.88. The molecule has 17 heavy (non-hydrogen) atoms. The maximum Gasteiger partial charge on any atom is 0.414 e. The summed E-state index contributed by atoms with van der Waals surface area (Å²) in [6, 6.07) is 0. The predicted molar refractivity (Wildman–Crippen MR) is 67.5 cm³/mol. The van der Waals surface area contributed by atoms with Crippen LogP contribution in [0.15, 0.2) is 36.6 Å². The van der Waals surface area contributed by atoms with Gasteiger partial charge in [0.15, 0.2) is 0 Å². The van der Waals surface area contributed by atoms with Crippen LogP contribution in [0.3, 0.4) is 0 Å². The normalized spacial score (nSPS) is 11.6. The molecule has 0 unspecified atom stereocenters. The molecule has 0 saturated heterocycles. The second-order valence-electron chi connectivity index (χ2n) is 4.51. The number of carbonyl (C=O) groups is 2. The molecular weight excluding hydrogens is 218 g/mol. The van der Waals surface area contributed by atoms with E-state index in [2.05, 4.69) is 13.2 Å². The van der Waals surface area contributed by atoms with E-state index in [0.717, 1.165) is 0 Å². The molecule has 0 saturated carbocycles. The van der Waals surface area contributed by atoms with Gasteiger partial charge in [0.05, 0.1) is 0 Å². The quantitative estimate of drug-likeness (QED) is 0.429. The first-order chi connectivity index (χ1) is 7.71. The zero-order valence-corrected chi connectivity index (χ0v) is 10.8. The van der Waals surface area contributed by atoms with E-state index in [9.17, 15) is 9.59 Å². The zero-order valence-electron chi connectivity index (χ0n) is 10.8. The van der Waals surface area contributed by atoms with Crippen LogP contribution in [0.25, 0.3) is 0 Å². The number of hydrogen-bond acceptors (Lipinski definition) is 3. The third-order valence-electron chi connectivity index (χ3n) is 1.75. The highest BCUT2D eigenvalue weighted by Gasteiger charge is 2.20. The molecule has 0 heterocycles.